The third kappa shape index (κ3) is 3.34. The van der Waals surface area contributed by atoms with Gasteiger partial charge in [-0.2, -0.15) is 4.98 Å². The summed E-state index contributed by atoms with van der Waals surface area (Å²) in [5.74, 6) is 0.534. The maximum atomic E-state index is 11.7. The molecule has 2 aromatic heterocycles. The van der Waals surface area contributed by atoms with Gasteiger partial charge in [-0.1, -0.05) is 11.6 Å². The van der Waals surface area contributed by atoms with Crippen molar-refractivity contribution in [1.29, 1.82) is 0 Å². The number of rotatable bonds is 5. The monoisotopic (exact) mass is 324 g/mol. The molecule has 0 aromatic carbocycles. The summed E-state index contributed by atoms with van der Waals surface area (Å²) < 4.78 is 14.9. The number of hydrogen-bond acceptors (Lipinski definition) is 8. The molecule has 2 aromatic rings. The van der Waals surface area contributed by atoms with Crippen molar-refractivity contribution in [3.63, 3.8) is 0 Å². The van der Waals surface area contributed by atoms with Crippen LogP contribution in [0, 0.1) is 0 Å². The van der Waals surface area contributed by atoms with E-state index in [1.54, 1.807) is 12.1 Å². The molecule has 0 amide bonds. The maximum absolute atomic E-state index is 11.7. The lowest BCUT2D eigenvalue weighted by atomic mass is 10.3. The highest BCUT2D eigenvalue weighted by Gasteiger charge is 2.17. The highest BCUT2D eigenvalue weighted by Crippen LogP contribution is 2.28. The molecule has 0 atom stereocenters. The number of pyridine rings is 1. The van der Waals surface area contributed by atoms with E-state index < -0.39 is 5.97 Å². The standard InChI is InChI=1S/C13H13ClN4O4/c1-20-8-4-5-10(16-12(8)21-2)15-7-6-9(14)17-18-11(7)13(19)22-3/h4-6H,1-3H3,(H,15,16,17). The summed E-state index contributed by atoms with van der Waals surface area (Å²) in [5.41, 5.74) is 0.301. The van der Waals surface area contributed by atoms with Gasteiger partial charge in [0.1, 0.15) is 5.82 Å². The number of ether oxygens (including phenoxy) is 3. The van der Waals surface area contributed by atoms with E-state index >= 15 is 0 Å². The number of halogens is 1. The van der Waals surface area contributed by atoms with E-state index in [2.05, 4.69) is 25.2 Å². The van der Waals surface area contributed by atoms with Gasteiger partial charge in [0, 0.05) is 6.07 Å². The molecule has 0 aliphatic heterocycles. The van der Waals surface area contributed by atoms with E-state index in [-0.39, 0.29) is 10.8 Å². The Kier molecular flexibility index (Phi) is 4.95. The molecule has 0 bridgehead atoms. The van der Waals surface area contributed by atoms with E-state index in [0.717, 1.165) is 0 Å². The minimum atomic E-state index is -0.646. The Morgan fingerprint density at radius 2 is 1.95 bits per heavy atom. The van der Waals surface area contributed by atoms with Gasteiger partial charge < -0.3 is 19.5 Å². The van der Waals surface area contributed by atoms with Crippen molar-refractivity contribution >= 4 is 29.1 Å². The van der Waals surface area contributed by atoms with Crippen LogP contribution in [0.5, 0.6) is 11.6 Å². The molecule has 0 spiro atoms. The number of carbonyl (C=O) groups is 1. The summed E-state index contributed by atoms with van der Waals surface area (Å²) in [6.45, 7) is 0. The molecular weight excluding hydrogens is 312 g/mol. The molecule has 0 saturated carbocycles. The van der Waals surface area contributed by atoms with Crippen molar-refractivity contribution in [1.82, 2.24) is 15.2 Å². The van der Waals surface area contributed by atoms with Crippen molar-refractivity contribution in [2.24, 2.45) is 0 Å². The lowest BCUT2D eigenvalue weighted by Gasteiger charge is -2.11. The fourth-order valence-electron chi connectivity index (χ4n) is 1.65. The van der Waals surface area contributed by atoms with Crippen molar-refractivity contribution in [3.8, 4) is 11.6 Å². The molecule has 8 nitrogen and oxygen atoms in total. The number of nitrogens with zero attached hydrogens (tertiary/aromatic N) is 3. The number of anilines is 2. The maximum Gasteiger partial charge on any atom is 0.360 e. The van der Waals surface area contributed by atoms with Crippen LogP contribution in [-0.2, 0) is 4.74 Å². The molecule has 0 saturated heterocycles. The summed E-state index contributed by atoms with van der Waals surface area (Å²) in [4.78, 5) is 15.9. The molecule has 22 heavy (non-hydrogen) atoms. The van der Waals surface area contributed by atoms with Crippen LogP contribution in [0.15, 0.2) is 18.2 Å². The molecule has 0 aliphatic rings. The molecule has 2 heterocycles. The molecular formula is C13H13ClN4O4. The number of aromatic nitrogens is 3. The zero-order valence-corrected chi connectivity index (χ0v) is 12.8. The van der Waals surface area contributed by atoms with Gasteiger partial charge in [0.25, 0.3) is 5.88 Å². The van der Waals surface area contributed by atoms with E-state index in [0.29, 0.717) is 23.1 Å². The summed E-state index contributed by atoms with van der Waals surface area (Å²) in [5, 5.41) is 10.4. The Bertz CT molecular complexity index is 696. The molecule has 0 radical (unpaired) electrons. The quantitative estimate of drug-likeness (QED) is 0.835. The first-order valence-electron chi connectivity index (χ1n) is 6.06. The number of carbonyl (C=O) groups excluding carboxylic acids is 1. The lowest BCUT2D eigenvalue weighted by Crippen LogP contribution is -2.10. The third-order valence-corrected chi connectivity index (χ3v) is 2.83. The molecule has 0 unspecified atom stereocenters. The third-order valence-electron chi connectivity index (χ3n) is 2.64. The lowest BCUT2D eigenvalue weighted by molar-refractivity contribution is 0.0594. The van der Waals surface area contributed by atoms with Crippen LogP contribution in [0.25, 0.3) is 0 Å². The molecule has 0 aliphatic carbocycles. The number of esters is 1. The van der Waals surface area contributed by atoms with Gasteiger partial charge in [-0.15, -0.1) is 10.2 Å². The summed E-state index contributed by atoms with van der Waals surface area (Å²) in [6.07, 6.45) is 0. The predicted octanol–water partition coefficient (Wildman–Crippen LogP) is 2.07. The van der Waals surface area contributed by atoms with E-state index in [4.69, 9.17) is 21.1 Å². The molecule has 116 valence electrons. The normalized spacial score (nSPS) is 10.0. The SMILES string of the molecule is COC(=O)c1nnc(Cl)cc1Nc1ccc(OC)c(OC)n1. The Labute approximate surface area is 131 Å². The zero-order chi connectivity index (χ0) is 16.1. The molecule has 9 heteroatoms. The molecule has 2 rings (SSSR count). The van der Waals surface area contributed by atoms with Crippen LogP contribution in [-0.4, -0.2) is 42.5 Å². The zero-order valence-electron chi connectivity index (χ0n) is 12.1. The van der Waals surface area contributed by atoms with Crippen LogP contribution >= 0.6 is 11.6 Å². The topological polar surface area (TPSA) is 95.5 Å². The smallest absolute Gasteiger partial charge is 0.360 e. The second-order valence-electron chi connectivity index (χ2n) is 3.95. The Morgan fingerprint density at radius 1 is 1.18 bits per heavy atom. The first-order valence-corrected chi connectivity index (χ1v) is 6.44. The second-order valence-corrected chi connectivity index (χ2v) is 4.34. The fraction of sp³-hybridized carbons (Fsp3) is 0.231. The average Bonchev–Trinajstić information content (AvgIpc) is 2.54. The highest BCUT2D eigenvalue weighted by atomic mass is 35.5. The van der Waals surface area contributed by atoms with Crippen LogP contribution in [0.2, 0.25) is 5.15 Å². The van der Waals surface area contributed by atoms with Gasteiger partial charge in [-0.3, -0.25) is 0 Å². The van der Waals surface area contributed by atoms with Crippen molar-refractivity contribution in [3.05, 3.63) is 29.0 Å². The van der Waals surface area contributed by atoms with Crippen LogP contribution < -0.4 is 14.8 Å². The van der Waals surface area contributed by atoms with E-state index in [1.165, 1.54) is 27.4 Å². The van der Waals surface area contributed by atoms with Crippen LogP contribution in [0.3, 0.4) is 0 Å². The van der Waals surface area contributed by atoms with Gasteiger partial charge >= 0.3 is 5.97 Å². The van der Waals surface area contributed by atoms with Gasteiger partial charge in [0.05, 0.1) is 27.0 Å². The Balaban J connectivity index is 2.38. The summed E-state index contributed by atoms with van der Waals surface area (Å²) in [6, 6.07) is 4.76. The van der Waals surface area contributed by atoms with E-state index in [1.807, 2.05) is 0 Å². The molecule has 1 N–H and O–H groups in total. The van der Waals surface area contributed by atoms with Gasteiger partial charge in [-0.05, 0) is 12.1 Å². The van der Waals surface area contributed by atoms with Crippen molar-refractivity contribution < 1.29 is 19.0 Å². The second kappa shape index (κ2) is 6.90. The number of methoxy groups -OCH3 is 3. The van der Waals surface area contributed by atoms with E-state index in [9.17, 15) is 4.79 Å². The largest absolute Gasteiger partial charge is 0.491 e. The first kappa shape index (κ1) is 15.8. The summed E-state index contributed by atoms with van der Waals surface area (Å²) in [7, 11) is 4.23. The van der Waals surface area contributed by atoms with Crippen LogP contribution in [0.1, 0.15) is 10.5 Å². The first-order chi connectivity index (χ1) is 10.6. The molecule has 0 fully saturated rings. The van der Waals surface area contributed by atoms with Crippen molar-refractivity contribution in [2.75, 3.05) is 26.6 Å². The van der Waals surface area contributed by atoms with Crippen molar-refractivity contribution in [2.45, 2.75) is 0 Å². The van der Waals surface area contributed by atoms with Gasteiger partial charge in [-0.25, -0.2) is 4.79 Å². The minimum Gasteiger partial charge on any atom is -0.491 e. The van der Waals surface area contributed by atoms with Gasteiger partial charge in [0.2, 0.25) is 0 Å². The highest BCUT2D eigenvalue weighted by molar-refractivity contribution is 6.29. The minimum absolute atomic E-state index is 0.0107. The Morgan fingerprint density at radius 3 is 2.59 bits per heavy atom. The average molecular weight is 325 g/mol. The van der Waals surface area contributed by atoms with Gasteiger partial charge in [0.15, 0.2) is 16.6 Å². The predicted molar refractivity (Wildman–Crippen MR) is 79.0 cm³/mol. The fourth-order valence-corrected chi connectivity index (χ4v) is 1.79. The number of hydrogen-bond donors (Lipinski definition) is 1. The van der Waals surface area contributed by atoms with Crippen LogP contribution in [0.4, 0.5) is 11.5 Å². The number of nitrogens with one attached hydrogen (secondary N) is 1. The Hall–Kier alpha value is -2.61. The summed E-state index contributed by atoms with van der Waals surface area (Å²) >= 11 is 5.81.